The number of amides is 1. The summed E-state index contributed by atoms with van der Waals surface area (Å²) in [5.74, 6) is -0.437. The Balaban J connectivity index is 1.82. The maximum atomic E-state index is 13.5. The molecule has 0 spiro atoms. The van der Waals surface area contributed by atoms with E-state index in [2.05, 4.69) is 33.9 Å². The number of anilines is 2. The Morgan fingerprint density at radius 3 is 2.46 bits per heavy atom. The number of benzene rings is 2. The average molecular weight is 574 g/mol. The van der Waals surface area contributed by atoms with Crippen molar-refractivity contribution >= 4 is 33.1 Å². The fraction of sp³-hybridized carbons (Fsp3) is 0.129. The van der Waals surface area contributed by atoms with E-state index in [1.54, 1.807) is 37.4 Å². The fourth-order valence-electron chi connectivity index (χ4n) is 3.67. The Hall–Kier alpha value is -4.83. The van der Waals surface area contributed by atoms with Crippen LogP contribution in [0.1, 0.15) is 29.8 Å². The molecule has 0 aliphatic heterocycles. The summed E-state index contributed by atoms with van der Waals surface area (Å²) in [5, 5.41) is 10.1. The molecule has 10 heteroatoms. The average Bonchev–Trinajstić information content (AvgIpc) is 3.38. The minimum atomic E-state index is -3.77. The molecule has 2 aromatic carbocycles. The van der Waals surface area contributed by atoms with Crippen LogP contribution in [0.25, 0.3) is 11.3 Å². The molecular weight excluding hydrogens is 541 g/mol. The molecule has 0 saturated carbocycles. The van der Waals surface area contributed by atoms with Crippen molar-refractivity contribution in [3.63, 3.8) is 0 Å². The number of hydrogen-bond acceptors (Lipinski definition) is 5. The molecule has 2 N–H and O–H groups in total. The maximum absolute atomic E-state index is 13.5. The topological polar surface area (TPSA) is 105 Å². The van der Waals surface area contributed by atoms with E-state index in [-0.39, 0.29) is 11.3 Å². The Bertz CT molecular complexity index is 1700. The number of nitrogens with one attached hydrogen (secondary N) is 2. The number of allylic oxidation sites excluding steroid dienone is 7. The molecule has 3 rings (SSSR count). The molecule has 0 aliphatic carbocycles. The lowest BCUT2D eigenvalue weighted by Crippen LogP contribution is -2.14. The summed E-state index contributed by atoms with van der Waals surface area (Å²) in [6, 6.07) is 10.6. The van der Waals surface area contributed by atoms with Gasteiger partial charge in [-0.3, -0.25) is 4.79 Å². The predicted molar refractivity (Wildman–Crippen MR) is 165 cm³/mol. The molecule has 212 valence electrons. The van der Waals surface area contributed by atoms with Gasteiger partial charge in [-0.05, 0) is 80.0 Å². The van der Waals surface area contributed by atoms with E-state index < -0.39 is 21.7 Å². The second-order valence-corrected chi connectivity index (χ2v) is 10.9. The largest absolute Gasteiger partial charge is 0.344 e. The minimum Gasteiger partial charge on any atom is -0.344 e. The van der Waals surface area contributed by atoms with E-state index in [0.717, 1.165) is 33.2 Å². The zero-order valence-electron chi connectivity index (χ0n) is 23.3. The first-order chi connectivity index (χ1) is 19.4. The highest BCUT2D eigenvalue weighted by molar-refractivity contribution is 7.89. The van der Waals surface area contributed by atoms with Crippen LogP contribution in [0.4, 0.5) is 15.8 Å². The summed E-state index contributed by atoms with van der Waals surface area (Å²) in [4.78, 5) is 17.7. The van der Waals surface area contributed by atoms with Crippen molar-refractivity contribution < 1.29 is 17.6 Å². The van der Waals surface area contributed by atoms with E-state index in [0.29, 0.717) is 22.8 Å². The number of nitrogens with zero attached hydrogens (tertiary/aromatic N) is 3. The lowest BCUT2D eigenvalue weighted by Gasteiger charge is -2.12. The van der Waals surface area contributed by atoms with Crippen LogP contribution in [0.2, 0.25) is 0 Å². The van der Waals surface area contributed by atoms with Gasteiger partial charge in [0, 0.05) is 23.1 Å². The zero-order valence-corrected chi connectivity index (χ0v) is 24.2. The lowest BCUT2D eigenvalue weighted by atomic mass is 10.1. The van der Waals surface area contributed by atoms with Gasteiger partial charge in [-0.15, -0.1) is 0 Å². The molecule has 0 unspecified atom stereocenters. The van der Waals surface area contributed by atoms with Crippen LogP contribution in [0.3, 0.4) is 0 Å². The van der Waals surface area contributed by atoms with Crippen molar-refractivity contribution in [2.75, 3.05) is 16.9 Å². The normalized spacial score (nSPS) is 12.6. The molecule has 0 atom stereocenters. The Morgan fingerprint density at radius 1 is 1.12 bits per heavy atom. The number of aliphatic imine (C=N–C) groups is 1. The molecule has 0 fully saturated rings. The van der Waals surface area contributed by atoms with Gasteiger partial charge in [0.15, 0.2) is 0 Å². The van der Waals surface area contributed by atoms with E-state index in [1.165, 1.54) is 24.3 Å². The molecule has 0 radical (unpaired) electrons. The van der Waals surface area contributed by atoms with E-state index >= 15 is 0 Å². The number of carbonyl (C=O) groups excluding carboxylic acids is 1. The molecule has 8 nitrogen and oxygen atoms in total. The van der Waals surface area contributed by atoms with Crippen LogP contribution < -0.4 is 10.6 Å². The predicted octanol–water partition coefficient (Wildman–Crippen LogP) is 6.65. The van der Waals surface area contributed by atoms with E-state index in [4.69, 9.17) is 0 Å². The second kappa shape index (κ2) is 13.5. The maximum Gasteiger partial charge on any atom is 0.259 e. The summed E-state index contributed by atoms with van der Waals surface area (Å²) in [6.07, 6.45) is 12.9. The van der Waals surface area contributed by atoms with Crippen molar-refractivity contribution in [2.45, 2.75) is 20.8 Å². The molecule has 3 aromatic rings. The van der Waals surface area contributed by atoms with Crippen molar-refractivity contribution in [1.29, 1.82) is 0 Å². The Labute approximate surface area is 240 Å². The third-order valence-electron chi connectivity index (χ3n) is 5.84. The summed E-state index contributed by atoms with van der Waals surface area (Å²) in [7, 11) is -3.77. The van der Waals surface area contributed by atoms with Crippen LogP contribution in [-0.2, 0) is 10.0 Å². The first-order valence-corrected chi connectivity index (χ1v) is 14.4. The Morgan fingerprint density at radius 2 is 1.83 bits per heavy atom. The molecule has 0 bridgehead atoms. The molecule has 0 saturated heterocycles. The van der Waals surface area contributed by atoms with Gasteiger partial charge in [-0.25, -0.2) is 17.8 Å². The molecule has 1 amide bonds. The molecule has 1 aromatic heterocycles. The minimum absolute atomic E-state index is 0.0173. The molecule has 0 aliphatic rings. The highest BCUT2D eigenvalue weighted by Gasteiger charge is 2.21. The number of halogens is 1. The number of aryl methyl sites for hydroxylation is 1. The summed E-state index contributed by atoms with van der Waals surface area (Å²) in [6.45, 7) is 13.4. The number of aromatic nitrogens is 2. The van der Waals surface area contributed by atoms with Crippen LogP contribution in [0.15, 0.2) is 115 Å². The quantitative estimate of drug-likeness (QED) is 0.161. The lowest BCUT2D eigenvalue weighted by molar-refractivity contribution is 0.102. The number of rotatable bonds is 10. The zero-order chi connectivity index (χ0) is 30.2. The fourth-order valence-corrected chi connectivity index (χ4v) is 4.19. The Kier molecular flexibility index (Phi) is 10.1. The van der Waals surface area contributed by atoms with Gasteiger partial charge >= 0.3 is 0 Å². The standard InChI is InChI=1S/C31H32FN5O3S/c1-7-9-10-24(8-2)21(3)17-18-33-23(5)34-29-19-27(16-11-22(29)4)35-31(38)28-20-37(41(6,39)40)36-30(28)25-12-14-26(32)15-13-25/h7-20H,1,3H2,2,4-6H3,(H,33,34)(H,35,38)/b10-9-,18-17-,24-8+. The third-order valence-corrected chi connectivity index (χ3v) is 6.71. The highest BCUT2D eigenvalue weighted by Crippen LogP contribution is 2.26. The van der Waals surface area contributed by atoms with Crippen LogP contribution in [-0.4, -0.2) is 35.6 Å². The van der Waals surface area contributed by atoms with Crippen LogP contribution >= 0.6 is 0 Å². The number of amidine groups is 1. The first kappa shape index (κ1) is 30.7. The summed E-state index contributed by atoms with van der Waals surface area (Å²) in [5.41, 5.74) is 4.35. The van der Waals surface area contributed by atoms with Gasteiger partial charge in [-0.1, -0.05) is 43.5 Å². The number of hydrogen-bond donors (Lipinski definition) is 2. The smallest absolute Gasteiger partial charge is 0.259 e. The van der Waals surface area contributed by atoms with Crippen molar-refractivity contribution in [3.05, 3.63) is 126 Å². The second-order valence-electron chi connectivity index (χ2n) is 9.04. The highest BCUT2D eigenvalue weighted by atomic mass is 32.2. The van der Waals surface area contributed by atoms with Gasteiger partial charge in [0.25, 0.3) is 15.9 Å². The van der Waals surface area contributed by atoms with Gasteiger partial charge in [0.05, 0.1) is 18.0 Å². The van der Waals surface area contributed by atoms with Gasteiger partial charge in [-0.2, -0.15) is 9.19 Å². The van der Waals surface area contributed by atoms with Crippen LogP contribution in [0, 0.1) is 12.7 Å². The SMILES string of the molecule is C=C/C=C\C(=C/C)C(=C)/C=C\N=C(C)Nc1cc(NC(=O)c2cn(S(C)(=O)=O)nc2-c2ccc(F)cc2)ccc1C. The van der Waals surface area contributed by atoms with Gasteiger partial charge in [0.1, 0.15) is 17.3 Å². The summed E-state index contributed by atoms with van der Waals surface area (Å²) >= 11 is 0. The van der Waals surface area contributed by atoms with Gasteiger partial charge in [0.2, 0.25) is 0 Å². The third kappa shape index (κ3) is 8.33. The molecular formula is C31H32FN5O3S. The van der Waals surface area contributed by atoms with Gasteiger partial charge < -0.3 is 10.6 Å². The summed E-state index contributed by atoms with van der Waals surface area (Å²) < 4.78 is 38.4. The molecule has 41 heavy (non-hydrogen) atoms. The monoisotopic (exact) mass is 573 g/mol. The molecule has 1 heterocycles. The number of carbonyl (C=O) groups is 1. The van der Waals surface area contributed by atoms with Crippen LogP contribution in [0.5, 0.6) is 0 Å². The van der Waals surface area contributed by atoms with Crippen molar-refractivity contribution in [3.8, 4) is 11.3 Å². The van der Waals surface area contributed by atoms with E-state index in [9.17, 15) is 17.6 Å². The van der Waals surface area contributed by atoms with Crippen molar-refractivity contribution in [2.24, 2.45) is 4.99 Å². The first-order valence-electron chi connectivity index (χ1n) is 12.5. The van der Waals surface area contributed by atoms with Crippen molar-refractivity contribution in [1.82, 2.24) is 9.19 Å². The van der Waals surface area contributed by atoms with E-state index in [1.807, 2.05) is 38.1 Å².